The quantitative estimate of drug-likeness (QED) is 0.393. The lowest BCUT2D eigenvalue weighted by atomic mass is 10.1. The van der Waals surface area contributed by atoms with Gasteiger partial charge in [-0.1, -0.05) is 39.5 Å². The van der Waals surface area contributed by atoms with Crippen molar-refractivity contribution in [1.29, 1.82) is 0 Å². The molecule has 0 fully saturated rings. The van der Waals surface area contributed by atoms with Gasteiger partial charge in [0.15, 0.2) is 0 Å². The molecular formula is C24H34S3. The average molecular weight is 419 g/mol. The molecule has 27 heavy (non-hydrogen) atoms. The van der Waals surface area contributed by atoms with Crippen molar-refractivity contribution in [3.8, 4) is 0 Å². The van der Waals surface area contributed by atoms with Crippen LogP contribution in [0.25, 0.3) is 0 Å². The van der Waals surface area contributed by atoms with Crippen molar-refractivity contribution in [3.63, 3.8) is 0 Å². The van der Waals surface area contributed by atoms with E-state index in [2.05, 4.69) is 79.7 Å². The molecule has 0 spiro atoms. The first-order valence-electron chi connectivity index (χ1n) is 9.99. The van der Waals surface area contributed by atoms with E-state index in [1.54, 1.807) is 0 Å². The topological polar surface area (TPSA) is 0 Å². The molecule has 0 bridgehead atoms. The minimum Gasteiger partial charge on any atom is -0.123 e. The molecule has 0 aliphatic heterocycles. The van der Waals surface area contributed by atoms with Crippen LogP contribution in [0.4, 0.5) is 0 Å². The third-order valence-corrected chi connectivity index (χ3v) is 9.59. The molecule has 2 aromatic carbocycles. The second-order valence-corrected chi connectivity index (χ2v) is 11.4. The minimum absolute atomic E-state index is 0.669. The van der Waals surface area contributed by atoms with Crippen LogP contribution in [0, 0.1) is 27.7 Å². The predicted octanol–water partition coefficient (Wildman–Crippen LogP) is 8.85. The Hall–Kier alpha value is -0.510. The molecule has 0 nitrogen and oxygen atoms in total. The van der Waals surface area contributed by atoms with Gasteiger partial charge >= 0.3 is 0 Å². The molecule has 0 radical (unpaired) electrons. The van der Waals surface area contributed by atoms with Crippen LogP contribution in [0.2, 0.25) is 0 Å². The van der Waals surface area contributed by atoms with Crippen LogP contribution in [0.15, 0.2) is 43.8 Å². The van der Waals surface area contributed by atoms with Gasteiger partial charge in [-0.2, -0.15) is 0 Å². The van der Waals surface area contributed by atoms with Crippen molar-refractivity contribution in [2.24, 2.45) is 0 Å². The van der Waals surface area contributed by atoms with Crippen LogP contribution in [0.5, 0.6) is 0 Å². The zero-order valence-electron chi connectivity index (χ0n) is 18.1. The Labute approximate surface area is 179 Å². The summed E-state index contributed by atoms with van der Waals surface area (Å²) in [5, 5.41) is 1.34. The SMILES string of the molecule is CCC(C)Sc1ccc(Sc2ccc(SC(C)CC)c(C)c2C)c(C)c1C. The zero-order valence-corrected chi connectivity index (χ0v) is 20.6. The van der Waals surface area contributed by atoms with Gasteiger partial charge < -0.3 is 0 Å². The largest absolute Gasteiger partial charge is 0.123 e. The van der Waals surface area contributed by atoms with Gasteiger partial charge in [0.05, 0.1) is 0 Å². The fraction of sp³-hybridized carbons (Fsp3) is 0.500. The highest BCUT2D eigenvalue weighted by molar-refractivity contribution is 8.00. The predicted molar refractivity (Wildman–Crippen MR) is 127 cm³/mol. The Balaban J connectivity index is 2.27. The van der Waals surface area contributed by atoms with E-state index in [0.717, 1.165) is 0 Å². The molecule has 0 saturated carbocycles. The van der Waals surface area contributed by atoms with Gasteiger partial charge in [0.2, 0.25) is 0 Å². The Morgan fingerprint density at radius 3 is 1.22 bits per heavy atom. The van der Waals surface area contributed by atoms with E-state index in [4.69, 9.17) is 0 Å². The molecule has 3 heteroatoms. The number of rotatable bonds is 8. The molecule has 148 valence electrons. The van der Waals surface area contributed by atoms with E-state index in [-0.39, 0.29) is 0 Å². The number of benzene rings is 2. The first-order chi connectivity index (χ1) is 12.8. The summed E-state index contributed by atoms with van der Waals surface area (Å²) in [5.74, 6) is 0. The van der Waals surface area contributed by atoms with Crippen molar-refractivity contribution in [1.82, 2.24) is 0 Å². The third kappa shape index (κ3) is 5.74. The molecule has 2 atom stereocenters. The first kappa shape index (κ1) is 22.8. The zero-order chi connectivity index (χ0) is 20.1. The van der Waals surface area contributed by atoms with E-state index >= 15 is 0 Å². The Bertz CT molecular complexity index is 714. The van der Waals surface area contributed by atoms with Gasteiger partial charge in [-0.3, -0.25) is 0 Å². The van der Waals surface area contributed by atoms with Crippen LogP contribution in [0.3, 0.4) is 0 Å². The van der Waals surface area contributed by atoms with Crippen molar-refractivity contribution < 1.29 is 0 Å². The fourth-order valence-electron chi connectivity index (χ4n) is 2.74. The van der Waals surface area contributed by atoms with E-state index < -0.39 is 0 Å². The van der Waals surface area contributed by atoms with E-state index in [0.29, 0.717) is 10.5 Å². The van der Waals surface area contributed by atoms with Crippen molar-refractivity contribution >= 4 is 35.3 Å². The standard InChI is InChI=1S/C24H34S3/c1-9-15(3)25-21-11-13-23(19(7)17(21)5)27-24-14-12-22(18(6)20(24)8)26-16(4)10-2/h11-16H,9-10H2,1-8H3. The normalized spacial score (nSPS) is 13.6. The first-order valence-corrected chi connectivity index (χ1v) is 12.6. The Morgan fingerprint density at radius 2 is 0.889 bits per heavy atom. The lowest BCUT2D eigenvalue weighted by Crippen LogP contribution is -1.97. The fourth-order valence-corrected chi connectivity index (χ4v) is 6.01. The lowest BCUT2D eigenvalue weighted by molar-refractivity contribution is 0.904. The van der Waals surface area contributed by atoms with Crippen molar-refractivity contribution in [2.45, 2.75) is 98.3 Å². The summed E-state index contributed by atoms with van der Waals surface area (Å²) < 4.78 is 0. The molecule has 0 aliphatic rings. The smallest absolute Gasteiger partial charge is 0.0155 e. The van der Waals surface area contributed by atoms with E-state index in [1.807, 2.05) is 35.3 Å². The third-order valence-electron chi connectivity index (χ3n) is 5.40. The van der Waals surface area contributed by atoms with Gasteiger partial charge in [0.25, 0.3) is 0 Å². The molecule has 0 heterocycles. The highest BCUT2D eigenvalue weighted by Crippen LogP contribution is 2.40. The maximum absolute atomic E-state index is 2.32. The van der Waals surface area contributed by atoms with E-state index in [1.165, 1.54) is 54.7 Å². The van der Waals surface area contributed by atoms with Gasteiger partial charge in [-0.15, -0.1) is 23.5 Å². The molecule has 2 rings (SSSR count). The summed E-state index contributed by atoms with van der Waals surface area (Å²) in [7, 11) is 0. The molecular weight excluding hydrogens is 384 g/mol. The van der Waals surface area contributed by atoms with Crippen LogP contribution in [-0.2, 0) is 0 Å². The van der Waals surface area contributed by atoms with Crippen LogP contribution < -0.4 is 0 Å². The van der Waals surface area contributed by atoms with Gasteiger partial charge in [0.1, 0.15) is 0 Å². The molecule has 0 saturated heterocycles. The van der Waals surface area contributed by atoms with Gasteiger partial charge in [-0.05, 0) is 87.1 Å². The summed E-state index contributed by atoms with van der Waals surface area (Å²) in [4.78, 5) is 5.62. The van der Waals surface area contributed by atoms with E-state index in [9.17, 15) is 0 Å². The van der Waals surface area contributed by atoms with Gasteiger partial charge in [0, 0.05) is 30.1 Å². The summed E-state index contributed by atoms with van der Waals surface area (Å²) in [6.45, 7) is 18.2. The molecule has 2 aromatic rings. The molecule has 2 unspecified atom stereocenters. The van der Waals surface area contributed by atoms with Crippen molar-refractivity contribution in [3.05, 3.63) is 46.5 Å². The summed E-state index contributed by atoms with van der Waals surface area (Å²) in [5.41, 5.74) is 5.71. The monoisotopic (exact) mass is 418 g/mol. The summed E-state index contributed by atoms with van der Waals surface area (Å²) in [6, 6.07) is 9.26. The molecule has 0 aliphatic carbocycles. The highest BCUT2D eigenvalue weighted by Gasteiger charge is 2.14. The summed E-state index contributed by atoms with van der Waals surface area (Å²) >= 11 is 5.92. The highest BCUT2D eigenvalue weighted by atomic mass is 32.2. The lowest BCUT2D eigenvalue weighted by Gasteiger charge is -2.18. The minimum atomic E-state index is 0.669. The molecule has 0 amide bonds. The van der Waals surface area contributed by atoms with Gasteiger partial charge in [-0.25, -0.2) is 0 Å². The maximum Gasteiger partial charge on any atom is 0.0155 e. The average Bonchev–Trinajstić information content (AvgIpc) is 2.66. The molecule has 0 aromatic heterocycles. The number of thioether (sulfide) groups is 2. The second-order valence-electron chi connectivity index (χ2n) is 7.40. The van der Waals surface area contributed by atoms with Crippen LogP contribution >= 0.6 is 35.3 Å². The number of hydrogen-bond donors (Lipinski definition) is 0. The Kier molecular flexibility index (Phi) is 8.70. The Morgan fingerprint density at radius 1 is 0.593 bits per heavy atom. The second kappa shape index (κ2) is 10.3. The maximum atomic E-state index is 2.32. The molecule has 0 N–H and O–H groups in total. The van der Waals surface area contributed by atoms with Crippen molar-refractivity contribution in [2.75, 3.05) is 0 Å². The van der Waals surface area contributed by atoms with Crippen LogP contribution in [-0.4, -0.2) is 10.5 Å². The number of hydrogen-bond acceptors (Lipinski definition) is 3. The van der Waals surface area contributed by atoms with Crippen LogP contribution in [0.1, 0.15) is 62.8 Å². The summed E-state index contributed by atoms with van der Waals surface area (Å²) in [6.07, 6.45) is 2.41.